The number of carbonyl (C=O) groups excluding carboxylic acids is 1. The van der Waals surface area contributed by atoms with Crippen molar-refractivity contribution in [3.63, 3.8) is 0 Å². The Morgan fingerprint density at radius 1 is 1.42 bits per heavy atom. The lowest BCUT2D eigenvalue weighted by molar-refractivity contribution is -0.143. The minimum absolute atomic E-state index is 0.0823. The Morgan fingerprint density at radius 3 is 2.33 bits per heavy atom. The molecule has 0 aromatic rings. The number of aliphatic hydroxyl groups excluding tert-OH is 1. The molecule has 2 atom stereocenters. The third kappa shape index (κ3) is 4.34. The molecule has 0 heterocycles. The predicted molar refractivity (Wildman–Crippen MR) is 46.7 cm³/mol. The second-order valence-electron chi connectivity index (χ2n) is 2.95. The third-order valence-electron chi connectivity index (χ3n) is 1.99. The van der Waals surface area contributed by atoms with E-state index in [1.54, 1.807) is 0 Å². The minimum atomic E-state index is -0.352. The Bertz CT molecular complexity index is 134. The minimum Gasteiger partial charge on any atom is -0.465 e. The summed E-state index contributed by atoms with van der Waals surface area (Å²) in [5.41, 5.74) is 0. The largest absolute Gasteiger partial charge is 0.465 e. The molecule has 0 bridgehead atoms. The van der Waals surface area contributed by atoms with Crippen molar-refractivity contribution in [3.8, 4) is 0 Å². The predicted octanol–water partition coefficient (Wildman–Crippen LogP) is 1.35. The van der Waals surface area contributed by atoms with Gasteiger partial charge in [0.1, 0.15) is 0 Å². The van der Waals surface area contributed by atoms with Gasteiger partial charge in [-0.15, -0.1) is 0 Å². The van der Waals surface area contributed by atoms with E-state index in [2.05, 4.69) is 0 Å². The van der Waals surface area contributed by atoms with Crippen LogP contribution in [0.3, 0.4) is 0 Å². The number of aliphatic hydroxyl groups is 1. The van der Waals surface area contributed by atoms with Gasteiger partial charge in [-0.25, -0.2) is 0 Å². The van der Waals surface area contributed by atoms with Crippen LogP contribution in [0, 0.1) is 5.92 Å². The van der Waals surface area contributed by atoms with E-state index in [0.717, 1.165) is 6.42 Å². The zero-order valence-corrected chi connectivity index (χ0v) is 8.04. The first-order chi connectivity index (χ1) is 5.61. The van der Waals surface area contributed by atoms with Crippen molar-refractivity contribution in [2.75, 3.05) is 6.61 Å². The average molecular weight is 174 g/mol. The molecule has 0 radical (unpaired) electrons. The van der Waals surface area contributed by atoms with Crippen LogP contribution in [0.25, 0.3) is 0 Å². The number of hydrogen-bond acceptors (Lipinski definition) is 3. The molecule has 72 valence electrons. The van der Waals surface area contributed by atoms with E-state index in [0.29, 0.717) is 13.0 Å². The van der Waals surface area contributed by atoms with Gasteiger partial charge in [0.15, 0.2) is 0 Å². The molecule has 0 saturated heterocycles. The van der Waals surface area contributed by atoms with Crippen LogP contribution in [0.4, 0.5) is 0 Å². The zero-order valence-electron chi connectivity index (χ0n) is 8.04. The van der Waals surface area contributed by atoms with E-state index in [9.17, 15) is 9.90 Å². The Balaban J connectivity index is 3.74. The molecule has 3 heteroatoms. The van der Waals surface area contributed by atoms with Gasteiger partial charge in [-0.3, -0.25) is 4.79 Å². The van der Waals surface area contributed by atoms with Crippen LogP contribution in [-0.4, -0.2) is 23.8 Å². The van der Waals surface area contributed by atoms with Gasteiger partial charge < -0.3 is 9.84 Å². The molecule has 0 aliphatic heterocycles. The van der Waals surface area contributed by atoms with Crippen LogP contribution < -0.4 is 0 Å². The molecule has 0 spiro atoms. The molecule has 0 aliphatic rings. The Morgan fingerprint density at radius 2 is 2.00 bits per heavy atom. The summed E-state index contributed by atoms with van der Waals surface area (Å²) in [4.78, 5) is 10.5. The van der Waals surface area contributed by atoms with Crippen molar-refractivity contribution >= 4 is 5.97 Å². The highest BCUT2D eigenvalue weighted by Gasteiger charge is 2.16. The molecule has 0 aromatic heterocycles. The van der Waals surface area contributed by atoms with Crippen LogP contribution in [0.2, 0.25) is 0 Å². The molecule has 1 N–H and O–H groups in total. The van der Waals surface area contributed by atoms with Gasteiger partial charge in [-0.2, -0.15) is 0 Å². The number of hydrogen-bond donors (Lipinski definition) is 1. The van der Waals surface area contributed by atoms with E-state index >= 15 is 0 Å². The maximum Gasteiger partial charge on any atom is 0.302 e. The maximum absolute atomic E-state index is 10.5. The monoisotopic (exact) mass is 174 g/mol. The fraction of sp³-hybridized carbons (Fsp3) is 0.889. The summed E-state index contributed by atoms with van der Waals surface area (Å²) < 4.78 is 4.82. The molecular weight excluding hydrogens is 156 g/mol. The number of carbonyl (C=O) groups is 1. The molecule has 0 saturated carbocycles. The van der Waals surface area contributed by atoms with Crippen molar-refractivity contribution in [3.05, 3.63) is 0 Å². The summed E-state index contributed by atoms with van der Waals surface area (Å²) in [6.07, 6.45) is 1.19. The summed E-state index contributed by atoms with van der Waals surface area (Å²) in [5.74, 6) is -0.198. The van der Waals surface area contributed by atoms with Gasteiger partial charge in [0.05, 0.1) is 12.7 Å². The Hall–Kier alpha value is -0.570. The number of esters is 1. The first-order valence-corrected chi connectivity index (χ1v) is 4.43. The number of rotatable bonds is 5. The second kappa shape index (κ2) is 6.00. The molecule has 0 aromatic carbocycles. The molecule has 0 fully saturated rings. The quantitative estimate of drug-likeness (QED) is 0.640. The Labute approximate surface area is 73.7 Å². The van der Waals surface area contributed by atoms with Crippen molar-refractivity contribution in [2.24, 2.45) is 5.92 Å². The topological polar surface area (TPSA) is 46.5 Å². The molecule has 3 nitrogen and oxygen atoms in total. The first-order valence-electron chi connectivity index (χ1n) is 4.43. The summed E-state index contributed by atoms with van der Waals surface area (Å²) in [7, 11) is 0. The SMILES string of the molecule is CCC(O)C(CC)COC(C)=O. The smallest absolute Gasteiger partial charge is 0.302 e. The summed E-state index contributed by atoms with van der Waals surface area (Å²) in [5, 5.41) is 9.44. The highest BCUT2D eigenvalue weighted by atomic mass is 16.5. The van der Waals surface area contributed by atoms with Crippen molar-refractivity contribution in [2.45, 2.75) is 39.7 Å². The van der Waals surface area contributed by atoms with Crippen LogP contribution in [0.15, 0.2) is 0 Å². The van der Waals surface area contributed by atoms with Gasteiger partial charge in [0.2, 0.25) is 0 Å². The van der Waals surface area contributed by atoms with Crippen LogP contribution in [0.5, 0.6) is 0 Å². The summed E-state index contributed by atoms with van der Waals surface area (Å²) in [6.45, 7) is 5.61. The standard InChI is InChI=1S/C9H18O3/c1-4-8(9(11)5-2)6-12-7(3)10/h8-9,11H,4-6H2,1-3H3. The highest BCUT2D eigenvalue weighted by molar-refractivity contribution is 5.65. The average Bonchev–Trinajstić information content (AvgIpc) is 2.04. The van der Waals surface area contributed by atoms with E-state index in [4.69, 9.17) is 4.74 Å². The van der Waals surface area contributed by atoms with Crippen LogP contribution >= 0.6 is 0 Å². The fourth-order valence-corrected chi connectivity index (χ4v) is 1.06. The molecule has 0 aliphatic carbocycles. The van der Waals surface area contributed by atoms with Crippen LogP contribution in [0.1, 0.15) is 33.6 Å². The lowest BCUT2D eigenvalue weighted by atomic mass is 9.99. The normalized spacial score (nSPS) is 15.3. The van der Waals surface area contributed by atoms with Crippen LogP contribution in [-0.2, 0) is 9.53 Å². The van der Waals surface area contributed by atoms with E-state index < -0.39 is 0 Å². The molecule has 2 unspecified atom stereocenters. The molecule has 0 rings (SSSR count). The first kappa shape index (κ1) is 11.4. The second-order valence-corrected chi connectivity index (χ2v) is 2.95. The van der Waals surface area contributed by atoms with Gasteiger partial charge in [0, 0.05) is 12.8 Å². The summed E-state index contributed by atoms with van der Waals surface area (Å²) >= 11 is 0. The number of ether oxygens (including phenoxy) is 1. The molecule has 12 heavy (non-hydrogen) atoms. The van der Waals surface area contributed by atoms with E-state index in [1.807, 2.05) is 13.8 Å². The molecule has 0 amide bonds. The van der Waals surface area contributed by atoms with Gasteiger partial charge >= 0.3 is 5.97 Å². The maximum atomic E-state index is 10.5. The molecular formula is C9H18O3. The van der Waals surface area contributed by atoms with Gasteiger partial charge in [-0.05, 0) is 12.8 Å². The van der Waals surface area contributed by atoms with Crippen molar-refractivity contribution in [1.29, 1.82) is 0 Å². The van der Waals surface area contributed by atoms with Gasteiger partial charge in [-0.1, -0.05) is 13.8 Å². The summed E-state index contributed by atoms with van der Waals surface area (Å²) in [6, 6.07) is 0. The zero-order chi connectivity index (χ0) is 9.56. The van der Waals surface area contributed by atoms with Crippen molar-refractivity contribution < 1.29 is 14.6 Å². The van der Waals surface area contributed by atoms with E-state index in [1.165, 1.54) is 6.92 Å². The Kier molecular flexibility index (Phi) is 5.72. The van der Waals surface area contributed by atoms with Gasteiger partial charge in [0.25, 0.3) is 0 Å². The lowest BCUT2D eigenvalue weighted by Crippen LogP contribution is -2.24. The lowest BCUT2D eigenvalue weighted by Gasteiger charge is -2.19. The fourth-order valence-electron chi connectivity index (χ4n) is 1.06. The third-order valence-corrected chi connectivity index (χ3v) is 1.99. The van der Waals surface area contributed by atoms with E-state index in [-0.39, 0.29) is 18.0 Å². The highest BCUT2D eigenvalue weighted by Crippen LogP contribution is 2.11. The van der Waals surface area contributed by atoms with Crippen molar-refractivity contribution in [1.82, 2.24) is 0 Å².